The lowest BCUT2D eigenvalue weighted by molar-refractivity contribution is -0.146. The molecule has 0 heterocycles. The van der Waals surface area contributed by atoms with Gasteiger partial charge in [-0.25, -0.2) is 8.42 Å². The van der Waals surface area contributed by atoms with Crippen LogP contribution < -0.4 is 10.5 Å². The Hall–Kier alpha value is -2.43. The normalized spacial score (nSPS) is 13.3. The van der Waals surface area contributed by atoms with Crippen molar-refractivity contribution in [3.8, 4) is 5.75 Å². The van der Waals surface area contributed by atoms with Crippen LogP contribution in [0.2, 0.25) is 0 Å². The molecule has 30 heavy (non-hydrogen) atoms. The Morgan fingerprint density at radius 2 is 1.80 bits per heavy atom. The number of nitrogens with zero attached hydrogens (tertiary/aromatic N) is 1. The molecule has 0 fully saturated rings. The zero-order chi connectivity index (χ0) is 22.5. The van der Waals surface area contributed by atoms with E-state index in [1.54, 1.807) is 43.3 Å². The summed E-state index contributed by atoms with van der Waals surface area (Å²) in [6, 6.07) is 10.6. The fourth-order valence-corrected chi connectivity index (χ4v) is 4.11. The van der Waals surface area contributed by atoms with E-state index < -0.39 is 41.0 Å². The topological polar surface area (TPSA) is 89.7 Å². The van der Waals surface area contributed by atoms with Gasteiger partial charge in [-0.05, 0) is 36.8 Å². The molecule has 6 nitrogen and oxygen atoms in total. The lowest BCUT2D eigenvalue weighted by Gasteiger charge is -2.24. The molecule has 2 aromatic rings. The highest BCUT2D eigenvalue weighted by molar-refractivity contribution is 7.89. The second kappa shape index (κ2) is 9.59. The van der Waals surface area contributed by atoms with E-state index in [0.29, 0.717) is 11.3 Å². The largest absolute Gasteiger partial charge is 0.497 e. The Kier molecular flexibility index (Phi) is 7.62. The Balaban J connectivity index is 2.36. The number of hydrogen-bond acceptors (Lipinski definition) is 5. The van der Waals surface area contributed by atoms with Crippen LogP contribution in [-0.4, -0.2) is 44.4 Å². The number of ether oxygens (including phenoxy) is 1. The van der Waals surface area contributed by atoms with Crippen LogP contribution in [0.1, 0.15) is 17.5 Å². The monoisotopic (exact) mass is 444 g/mol. The number of benzene rings is 2. The van der Waals surface area contributed by atoms with Crippen molar-refractivity contribution >= 4 is 15.8 Å². The highest BCUT2D eigenvalue weighted by Gasteiger charge is 2.35. The molecule has 0 amide bonds. The van der Waals surface area contributed by atoms with Crippen LogP contribution in [-0.2, 0) is 21.4 Å². The van der Waals surface area contributed by atoms with Crippen molar-refractivity contribution in [1.29, 1.82) is 0 Å². The second-order valence-electron chi connectivity index (χ2n) is 6.83. The summed E-state index contributed by atoms with van der Waals surface area (Å²) in [4.78, 5) is 12.2. The van der Waals surface area contributed by atoms with Gasteiger partial charge in [0, 0.05) is 6.54 Å². The van der Waals surface area contributed by atoms with E-state index in [1.807, 2.05) is 0 Å². The van der Waals surface area contributed by atoms with Gasteiger partial charge in [0.25, 0.3) is 0 Å². The molecule has 0 aliphatic heterocycles. The molecule has 0 aliphatic carbocycles. The zero-order valence-electron chi connectivity index (χ0n) is 16.5. The first-order chi connectivity index (χ1) is 13.9. The fraction of sp³-hybridized carbons (Fsp3) is 0.350. The number of rotatable bonds is 9. The highest BCUT2D eigenvalue weighted by atomic mass is 32.2. The predicted molar refractivity (Wildman–Crippen MR) is 105 cm³/mol. The van der Waals surface area contributed by atoms with Crippen molar-refractivity contribution < 1.29 is 31.1 Å². The van der Waals surface area contributed by atoms with E-state index in [2.05, 4.69) is 0 Å². The van der Waals surface area contributed by atoms with Gasteiger partial charge in [0.05, 0.1) is 31.0 Å². The van der Waals surface area contributed by atoms with Gasteiger partial charge < -0.3 is 10.5 Å². The summed E-state index contributed by atoms with van der Waals surface area (Å²) in [5, 5.41) is 0. The molecule has 1 atom stereocenters. The molecule has 0 radical (unpaired) electrons. The van der Waals surface area contributed by atoms with Gasteiger partial charge in [0.15, 0.2) is 5.78 Å². The summed E-state index contributed by atoms with van der Waals surface area (Å²) >= 11 is 0. The number of carbonyl (C=O) groups excluding carboxylic acids is 1. The molecule has 0 saturated carbocycles. The van der Waals surface area contributed by atoms with E-state index in [9.17, 15) is 26.4 Å². The van der Waals surface area contributed by atoms with Crippen molar-refractivity contribution in [2.75, 3.05) is 13.7 Å². The van der Waals surface area contributed by atoms with Gasteiger partial charge >= 0.3 is 6.18 Å². The average Bonchev–Trinajstić information content (AvgIpc) is 2.66. The summed E-state index contributed by atoms with van der Waals surface area (Å²) in [7, 11) is -2.73. The lowest BCUT2D eigenvalue weighted by Crippen LogP contribution is -2.44. The molecule has 2 N–H and O–H groups in total. The van der Waals surface area contributed by atoms with Crippen molar-refractivity contribution in [3.63, 3.8) is 0 Å². The second-order valence-corrected chi connectivity index (χ2v) is 8.77. The van der Waals surface area contributed by atoms with E-state index >= 15 is 0 Å². The molecule has 2 rings (SSSR count). The Morgan fingerprint density at radius 1 is 1.17 bits per heavy atom. The number of sulfonamides is 1. The summed E-state index contributed by atoms with van der Waals surface area (Å²) < 4.78 is 70.0. The molecular weight excluding hydrogens is 421 g/mol. The highest BCUT2D eigenvalue weighted by Crippen LogP contribution is 2.24. The zero-order valence-corrected chi connectivity index (χ0v) is 17.3. The Labute approximate surface area is 173 Å². The van der Waals surface area contributed by atoms with Crippen LogP contribution in [0.4, 0.5) is 13.2 Å². The minimum atomic E-state index is -4.64. The Bertz CT molecular complexity index is 976. The first kappa shape index (κ1) is 23.8. The quantitative estimate of drug-likeness (QED) is 0.642. The molecule has 0 bridgehead atoms. The SMILES string of the molecule is COc1cccc(CN(CC(=O)[C@@H](N)CC(F)(F)F)S(=O)(=O)c2ccc(C)cc2)c1. The van der Waals surface area contributed by atoms with Gasteiger partial charge in [-0.2, -0.15) is 17.5 Å². The number of halogens is 3. The van der Waals surface area contributed by atoms with E-state index in [-0.39, 0.29) is 11.4 Å². The molecule has 0 aromatic heterocycles. The number of nitrogens with two attached hydrogens (primary N) is 1. The van der Waals surface area contributed by atoms with Crippen LogP contribution in [0, 0.1) is 6.92 Å². The molecule has 2 aromatic carbocycles. The van der Waals surface area contributed by atoms with E-state index in [0.717, 1.165) is 9.87 Å². The van der Waals surface area contributed by atoms with Gasteiger partial charge in [-0.1, -0.05) is 29.8 Å². The van der Waals surface area contributed by atoms with Gasteiger partial charge in [0.1, 0.15) is 5.75 Å². The lowest BCUT2D eigenvalue weighted by atomic mass is 10.1. The molecule has 0 unspecified atom stereocenters. The van der Waals surface area contributed by atoms with Crippen LogP contribution in [0.5, 0.6) is 5.75 Å². The Morgan fingerprint density at radius 3 is 2.37 bits per heavy atom. The van der Waals surface area contributed by atoms with E-state index in [1.165, 1.54) is 19.2 Å². The first-order valence-electron chi connectivity index (χ1n) is 8.97. The smallest absolute Gasteiger partial charge is 0.391 e. The van der Waals surface area contributed by atoms with Crippen molar-refractivity contribution in [2.24, 2.45) is 5.73 Å². The summed E-state index contributed by atoms with van der Waals surface area (Å²) in [6.45, 7) is 0.757. The van der Waals surface area contributed by atoms with Crippen LogP contribution in [0.15, 0.2) is 53.4 Å². The van der Waals surface area contributed by atoms with Crippen LogP contribution in [0.3, 0.4) is 0 Å². The number of aryl methyl sites for hydroxylation is 1. The van der Waals surface area contributed by atoms with Gasteiger partial charge in [-0.15, -0.1) is 0 Å². The van der Waals surface area contributed by atoms with Crippen molar-refractivity contribution in [3.05, 3.63) is 59.7 Å². The van der Waals surface area contributed by atoms with Crippen molar-refractivity contribution in [1.82, 2.24) is 4.31 Å². The maximum Gasteiger partial charge on any atom is 0.391 e. The standard InChI is InChI=1S/C20H23F3N2O4S/c1-14-6-8-17(9-7-14)30(27,28)25(12-15-4-3-5-16(10-15)29-2)13-19(26)18(24)11-20(21,22)23/h3-10,18H,11-13,24H2,1-2H3/t18-/m0/s1. The maximum atomic E-state index is 13.1. The number of Topliss-reactive ketones (excluding diaryl/α,β-unsaturated/α-hetero) is 1. The summed E-state index contributed by atoms with van der Waals surface area (Å²) in [5.41, 5.74) is 6.71. The fourth-order valence-electron chi connectivity index (χ4n) is 2.71. The third-order valence-corrected chi connectivity index (χ3v) is 6.15. The first-order valence-corrected chi connectivity index (χ1v) is 10.4. The molecule has 0 saturated heterocycles. The van der Waals surface area contributed by atoms with Gasteiger partial charge in [0.2, 0.25) is 10.0 Å². The predicted octanol–water partition coefficient (Wildman–Crippen LogP) is 3.04. The third kappa shape index (κ3) is 6.54. The number of carbonyl (C=O) groups is 1. The molecule has 0 aliphatic rings. The number of alkyl halides is 3. The summed E-state index contributed by atoms with van der Waals surface area (Å²) in [5.74, 6) is -0.550. The number of methoxy groups -OCH3 is 1. The molecule has 164 valence electrons. The minimum absolute atomic E-state index is 0.0758. The van der Waals surface area contributed by atoms with Crippen LogP contribution >= 0.6 is 0 Å². The third-order valence-electron chi connectivity index (χ3n) is 4.35. The number of hydrogen-bond donors (Lipinski definition) is 1. The van der Waals surface area contributed by atoms with Crippen LogP contribution in [0.25, 0.3) is 0 Å². The van der Waals surface area contributed by atoms with Gasteiger partial charge in [-0.3, -0.25) is 4.79 Å². The maximum absolute atomic E-state index is 13.1. The minimum Gasteiger partial charge on any atom is -0.497 e. The number of ketones is 1. The van der Waals surface area contributed by atoms with Crippen molar-refractivity contribution in [2.45, 2.75) is 37.0 Å². The van der Waals surface area contributed by atoms with E-state index in [4.69, 9.17) is 10.5 Å². The molecular formula is C20H23F3N2O4S. The summed E-state index contributed by atoms with van der Waals surface area (Å²) in [6.07, 6.45) is -6.16. The molecule has 10 heteroatoms. The molecule has 0 spiro atoms. The average molecular weight is 444 g/mol.